The summed E-state index contributed by atoms with van der Waals surface area (Å²) in [4.78, 5) is 23.7. The van der Waals surface area contributed by atoms with Crippen molar-refractivity contribution < 1.29 is 9.18 Å². The molecule has 33 heavy (non-hydrogen) atoms. The van der Waals surface area contributed by atoms with E-state index in [2.05, 4.69) is 9.55 Å². The lowest BCUT2D eigenvalue weighted by Gasteiger charge is -2.26. The third-order valence-electron chi connectivity index (χ3n) is 5.98. The molecule has 1 aliphatic heterocycles. The average Bonchev–Trinajstić information content (AvgIpc) is 3.22. The van der Waals surface area contributed by atoms with E-state index in [1.165, 1.54) is 18.6 Å². The van der Waals surface area contributed by atoms with Gasteiger partial charge >= 0.3 is 0 Å². The minimum absolute atomic E-state index is 0.127. The van der Waals surface area contributed by atoms with Crippen molar-refractivity contribution in [3.05, 3.63) is 89.5 Å². The van der Waals surface area contributed by atoms with Gasteiger partial charge in [0.15, 0.2) is 5.16 Å². The van der Waals surface area contributed by atoms with E-state index in [1.54, 1.807) is 30.1 Å². The molecule has 1 amide bonds. The molecule has 0 spiro atoms. The van der Waals surface area contributed by atoms with Crippen LogP contribution in [0.3, 0.4) is 0 Å². The number of hydrogen-bond donors (Lipinski definition) is 0. The van der Waals surface area contributed by atoms with Crippen LogP contribution in [0.1, 0.15) is 40.7 Å². The lowest BCUT2D eigenvalue weighted by molar-refractivity contribution is 0.0724. The molecule has 3 heterocycles. The van der Waals surface area contributed by atoms with Crippen LogP contribution in [-0.4, -0.2) is 38.4 Å². The number of nitrogens with zero attached hydrogens (tertiary/aromatic N) is 4. The zero-order valence-corrected chi connectivity index (χ0v) is 19.1. The van der Waals surface area contributed by atoms with Crippen LogP contribution in [0.15, 0.2) is 72.1 Å². The maximum Gasteiger partial charge on any atom is 0.253 e. The fraction of sp³-hybridized carbons (Fsp3) is 0.269. The van der Waals surface area contributed by atoms with E-state index in [-0.39, 0.29) is 11.7 Å². The molecule has 0 saturated carbocycles. The largest absolute Gasteiger partial charge is 0.339 e. The Labute approximate surface area is 196 Å². The molecule has 1 aliphatic rings. The lowest BCUT2D eigenvalue weighted by Crippen LogP contribution is -2.35. The Hall–Kier alpha value is -3.19. The normalized spacial score (nSPS) is 14.0. The number of carbonyl (C=O) groups is 1. The molecule has 2 aromatic carbocycles. The topological polar surface area (TPSA) is 51.0 Å². The molecule has 5 rings (SSSR count). The number of piperidine rings is 1. The van der Waals surface area contributed by atoms with Gasteiger partial charge in [0.05, 0.1) is 23.8 Å². The molecule has 0 unspecified atom stereocenters. The SMILES string of the molecule is O=C(c1ccc(CSc2nc3ccncc3n2Cc2ccc(F)cc2)cc1)N1CCCCC1. The molecular formula is C26H25FN4OS. The maximum absolute atomic E-state index is 13.3. The van der Waals surface area contributed by atoms with Crippen LogP contribution in [0, 0.1) is 5.82 Å². The van der Waals surface area contributed by atoms with Crippen LogP contribution in [-0.2, 0) is 12.3 Å². The van der Waals surface area contributed by atoms with E-state index < -0.39 is 0 Å². The minimum Gasteiger partial charge on any atom is -0.339 e. The van der Waals surface area contributed by atoms with Crippen LogP contribution < -0.4 is 0 Å². The Morgan fingerprint density at radius 2 is 1.67 bits per heavy atom. The van der Waals surface area contributed by atoms with Crippen LogP contribution in [0.2, 0.25) is 0 Å². The van der Waals surface area contributed by atoms with Gasteiger partial charge in [-0.15, -0.1) is 0 Å². The predicted molar refractivity (Wildman–Crippen MR) is 129 cm³/mol. The van der Waals surface area contributed by atoms with Gasteiger partial charge in [-0.1, -0.05) is 36.0 Å². The van der Waals surface area contributed by atoms with Crippen molar-refractivity contribution in [2.75, 3.05) is 13.1 Å². The van der Waals surface area contributed by atoms with E-state index in [9.17, 15) is 9.18 Å². The summed E-state index contributed by atoms with van der Waals surface area (Å²) in [6.45, 7) is 2.30. The molecule has 0 bridgehead atoms. The van der Waals surface area contributed by atoms with Crippen LogP contribution >= 0.6 is 11.8 Å². The van der Waals surface area contributed by atoms with E-state index in [0.717, 1.165) is 64.6 Å². The summed E-state index contributed by atoms with van der Waals surface area (Å²) >= 11 is 1.65. The molecular weight excluding hydrogens is 435 g/mol. The quantitative estimate of drug-likeness (QED) is 0.355. The Morgan fingerprint density at radius 1 is 0.939 bits per heavy atom. The third kappa shape index (κ3) is 4.93. The van der Waals surface area contributed by atoms with Crippen LogP contribution in [0.5, 0.6) is 0 Å². The molecule has 4 aromatic rings. The van der Waals surface area contributed by atoms with Crippen molar-refractivity contribution in [2.24, 2.45) is 0 Å². The average molecular weight is 461 g/mol. The first-order valence-corrected chi connectivity index (χ1v) is 12.2. The summed E-state index contributed by atoms with van der Waals surface area (Å²) in [6.07, 6.45) is 6.95. The summed E-state index contributed by atoms with van der Waals surface area (Å²) < 4.78 is 15.5. The first-order chi connectivity index (χ1) is 16.2. The standard InChI is InChI=1S/C26H25FN4OS/c27-22-10-6-19(7-11-22)17-31-24-16-28-13-12-23(24)29-26(31)33-18-20-4-8-21(9-5-20)25(32)30-14-2-1-3-15-30/h4-13,16H,1-3,14-15,17-18H2. The number of amides is 1. The van der Waals surface area contributed by atoms with Crippen molar-refractivity contribution >= 4 is 28.7 Å². The summed E-state index contributed by atoms with van der Waals surface area (Å²) in [5.74, 6) is 0.619. The number of carbonyl (C=O) groups excluding carboxylic acids is 1. The van der Waals surface area contributed by atoms with Gasteiger partial charge in [-0.2, -0.15) is 0 Å². The van der Waals surface area contributed by atoms with Crippen molar-refractivity contribution in [1.82, 2.24) is 19.4 Å². The number of hydrogen-bond acceptors (Lipinski definition) is 4. The predicted octanol–water partition coefficient (Wildman–Crippen LogP) is 5.54. The second-order valence-corrected chi connectivity index (χ2v) is 9.25. The second-order valence-electron chi connectivity index (χ2n) is 8.31. The van der Waals surface area contributed by atoms with E-state index >= 15 is 0 Å². The molecule has 1 saturated heterocycles. The first-order valence-electron chi connectivity index (χ1n) is 11.2. The van der Waals surface area contributed by atoms with Gasteiger partial charge in [-0.25, -0.2) is 9.37 Å². The number of pyridine rings is 1. The number of fused-ring (bicyclic) bond motifs is 1. The second kappa shape index (κ2) is 9.75. The summed E-state index contributed by atoms with van der Waals surface area (Å²) in [7, 11) is 0. The van der Waals surface area contributed by atoms with E-state index in [4.69, 9.17) is 4.98 Å². The van der Waals surface area contributed by atoms with Gasteiger partial charge in [-0.05, 0) is 60.7 Å². The zero-order chi connectivity index (χ0) is 22.6. The van der Waals surface area contributed by atoms with Gasteiger partial charge in [-0.3, -0.25) is 9.78 Å². The molecule has 5 nitrogen and oxygen atoms in total. The number of thioether (sulfide) groups is 1. The minimum atomic E-state index is -0.243. The fourth-order valence-corrected chi connectivity index (χ4v) is 5.12. The van der Waals surface area contributed by atoms with Crippen molar-refractivity contribution in [2.45, 2.75) is 36.7 Å². The Bertz CT molecular complexity index is 1250. The molecule has 0 radical (unpaired) electrons. The van der Waals surface area contributed by atoms with Gasteiger partial charge < -0.3 is 9.47 Å². The molecule has 2 aromatic heterocycles. The highest BCUT2D eigenvalue weighted by Crippen LogP contribution is 2.28. The van der Waals surface area contributed by atoms with Gasteiger partial charge in [0.1, 0.15) is 5.82 Å². The molecule has 0 N–H and O–H groups in total. The molecule has 168 valence electrons. The van der Waals surface area contributed by atoms with Gasteiger partial charge in [0.25, 0.3) is 5.91 Å². The molecule has 0 aliphatic carbocycles. The smallest absolute Gasteiger partial charge is 0.253 e. The summed E-state index contributed by atoms with van der Waals surface area (Å²) in [5.41, 5.74) is 4.72. The summed E-state index contributed by atoms with van der Waals surface area (Å²) in [5, 5.41) is 0.885. The number of aromatic nitrogens is 3. The molecule has 1 fully saturated rings. The van der Waals surface area contributed by atoms with Crippen molar-refractivity contribution in [3.63, 3.8) is 0 Å². The highest BCUT2D eigenvalue weighted by Gasteiger charge is 2.18. The Morgan fingerprint density at radius 3 is 2.42 bits per heavy atom. The van der Waals surface area contributed by atoms with Gasteiger partial charge in [0, 0.05) is 30.6 Å². The Balaban J connectivity index is 1.32. The van der Waals surface area contributed by atoms with E-state index in [0.29, 0.717) is 6.54 Å². The number of imidazole rings is 1. The van der Waals surface area contributed by atoms with Gasteiger partial charge in [0.2, 0.25) is 0 Å². The lowest BCUT2D eigenvalue weighted by atomic mass is 10.1. The molecule has 7 heteroatoms. The maximum atomic E-state index is 13.3. The van der Waals surface area contributed by atoms with Crippen molar-refractivity contribution in [1.29, 1.82) is 0 Å². The van der Waals surface area contributed by atoms with E-state index in [1.807, 2.05) is 41.4 Å². The number of halogens is 1. The zero-order valence-electron chi connectivity index (χ0n) is 18.3. The fourth-order valence-electron chi connectivity index (χ4n) is 4.15. The van der Waals surface area contributed by atoms with Crippen LogP contribution in [0.25, 0.3) is 11.0 Å². The summed E-state index contributed by atoms with van der Waals surface area (Å²) in [6, 6.07) is 16.4. The number of benzene rings is 2. The highest BCUT2D eigenvalue weighted by molar-refractivity contribution is 7.98. The first kappa shape index (κ1) is 21.6. The third-order valence-corrected chi connectivity index (χ3v) is 7.03. The monoisotopic (exact) mass is 460 g/mol. The number of rotatable bonds is 6. The van der Waals surface area contributed by atoms with Crippen LogP contribution in [0.4, 0.5) is 4.39 Å². The molecule has 0 atom stereocenters. The van der Waals surface area contributed by atoms with Crippen molar-refractivity contribution in [3.8, 4) is 0 Å². The Kier molecular flexibility index (Phi) is 6.39. The highest BCUT2D eigenvalue weighted by atomic mass is 32.2. The number of likely N-dealkylation sites (tertiary alicyclic amines) is 1.